The number of rotatable bonds is 8. The number of ether oxygens (including phenoxy) is 2. The van der Waals surface area contributed by atoms with Crippen molar-refractivity contribution in [1.82, 2.24) is 4.98 Å². The largest absolute Gasteiger partial charge is 0.474 e. The Morgan fingerprint density at radius 1 is 0.875 bits per heavy atom. The van der Waals surface area contributed by atoms with Crippen LogP contribution in [0.1, 0.15) is 37.1 Å². The van der Waals surface area contributed by atoms with Crippen molar-refractivity contribution < 1.29 is 9.47 Å². The third-order valence-corrected chi connectivity index (χ3v) is 4.49. The molecule has 24 heavy (non-hydrogen) atoms. The van der Waals surface area contributed by atoms with Gasteiger partial charge in [0.15, 0.2) is 0 Å². The number of halogens is 2. The summed E-state index contributed by atoms with van der Waals surface area (Å²) in [6.45, 7) is 1.19. The van der Waals surface area contributed by atoms with Crippen LogP contribution in [0.2, 0.25) is 0 Å². The molecule has 0 bridgehead atoms. The molecule has 0 spiro atoms. The van der Waals surface area contributed by atoms with Crippen molar-refractivity contribution in [2.45, 2.75) is 37.8 Å². The molecule has 0 amide bonds. The van der Waals surface area contributed by atoms with Crippen LogP contribution in [-0.4, -0.2) is 53.8 Å². The molecule has 1 aromatic rings. The number of aromatic nitrogens is 1. The zero-order chi connectivity index (χ0) is 16.8. The van der Waals surface area contributed by atoms with E-state index in [0.717, 1.165) is 37.1 Å². The van der Waals surface area contributed by atoms with Crippen LogP contribution in [0, 0.1) is 0 Å². The number of pyridine rings is 1. The molecule has 0 unspecified atom stereocenters. The Kier molecular flexibility index (Phi) is 6.32. The molecule has 0 aromatic carbocycles. The Hall–Kier alpha value is -1.33. The minimum Gasteiger partial charge on any atom is -0.474 e. The van der Waals surface area contributed by atoms with E-state index in [4.69, 9.17) is 32.7 Å². The van der Waals surface area contributed by atoms with Crippen LogP contribution in [0.15, 0.2) is 28.2 Å². The first-order chi connectivity index (χ1) is 11.8. The van der Waals surface area contributed by atoms with E-state index in [9.17, 15) is 0 Å². The van der Waals surface area contributed by atoms with Gasteiger partial charge in [-0.3, -0.25) is 0 Å². The second-order valence-corrected chi connectivity index (χ2v) is 6.62. The van der Waals surface area contributed by atoms with Crippen LogP contribution in [0.3, 0.4) is 0 Å². The topological polar surface area (TPSA) is 56.1 Å². The van der Waals surface area contributed by atoms with Crippen LogP contribution in [0.25, 0.3) is 0 Å². The Morgan fingerprint density at radius 3 is 1.83 bits per heavy atom. The van der Waals surface area contributed by atoms with E-state index < -0.39 is 0 Å². The first kappa shape index (κ1) is 17.5. The lowest BCUT2D eigenvalue weighted by atomic mass is 10.2. The molecule has 3 rings (SSSR count). The summed E-state index contributed by atoms with van der Waals surface area (Å²) in [5.41, 5.74) is 1.44. The van der Waals surface area contributed by atoms with Gasteiger partial charge in [0.25, 0.3) is 0 Å². The van der Waals surface area contributed by atoms with Gasteiger partial charge in [-0.2, -0.15) is 0 Å². The summed E-state index contributed by atoms with van der Waals surface area (Å²) < 4.78 is 11.4. The summed E-state index contributed by atoms with van der Waals surface area (Å²) in [4.78, 5) is 13.8. The summed E-state index contributed by atoms with van der Waals surface area (Å²) in [7, 11) is 0. The molecule has 1 aromatic heterocycles. The van der Waals surface area contributed by atoms with Gasteiger partial charge in [0.05, 0.1) is 12.1 Å². The van der Waals surface area contributed by atoms with Crippen LogP contribution in [0.5, 0.6) is 0 Å². The van der Waals surface area contributed by atoms with Gasteiger partial charge in [0, 0.05) is 11.8 Å². The molecule has 2 aliphatic rings. The molecule has 0 fully saturated rings. The van der Waals surface area contributed by atoms with E-state index in [1.807, 2.05) is 18.2 Å². The number of alkyl halides is 2. The minimum absolute atomic E-state index is 0.171. The maximum atomic E-state index is 5.73. The fourth-order valence-electron chi connectivity index (χ4n) is 2.71. The van der Waals surface area contributed by atoms with E-state index in [1.165, 1.54) is 0 Å². The highest BCUT2D eigenvalue weighted by molar-refractivity contribution is 6.18. The average molecular weight is 370 g/mol. The Balaban J connectivity index is 1.69. The Labute approximate surface area is 152 Å². The zero-order valence-corrected chi connectivity index (χ0v) is 15.0. The number of nitrogens with zero attached hydrogens (tertiary/aromatic N) is 3. The predicted octanol–water partition coefficient (Wildman–Crippen LogP) is 3.41. The SMILES string of the molecule is ClCCC[C@H]1COC(c2cccc(C3=N[C@@H](CCCCl)CO3)n2)=N1. The lowest BCUT2D eigenvalue weighted by Crippen LogP contribution is -2.10. The lowest BCUT2D eigenvalue weighted by molar-refractivity contribution is 0.309. The first-order valence-electron chi connectivity index (χ1n) is 8.31. The standard InChI is InChI=1S/C17H21Cl2N3O2/c18-8-2-4-12-10-23-16(20-12)14-6-1-7-15(22-14)17-21-13(11-24-17)5-3-9-19/h1,6-7,12-13H,2-5,8-11H2/t12-,13-/m0/s1. The van der Waals surface area contributed by atoms with Crippen molar-refractivity contribution in [2.75, 3.05) is 25.0 Å². The molecule has 0 aliphatic carbocycles. The van der Waals surface area contributed by atoms with Gasteiger partial charge in [-0.05, 0) is 37.8 Å². The third kappa shape index (κ3) is 4.39. The van der Waals surface area contributed by atoms with Gasteiger partial charge in [-0.25, -0.2) is 15.0 Å². The smallest absolute Gasteiger partial charge is 0.235 e. The molecule has 5 nitrogen and oxygen atoms in total. The average Bonchev–Trinajstić information content (AvgIpc) is 3.28. The quantitative estimate of drug-likeness (QED) is 0.659. The van der Waals surface area contributed by atoms with Gasteiger partial charge < -0.3 is 9.47 Å². The lowest BCUT2D eigenvalue weighted by Gasteiger charge is -2.04. The van der Waals surface area contributed by atoms with E-state index in [-0.39, 0.29) is 12.1 Å². The highest BCUT2D eigenvalue weighted by atomic mass is 35.5. The molecule has 0 saturated heterocycles. The van der Waals surface area contributed by atoms with E-state index >= 15 is 0 Å². The molecule has 2 aliphatic heterocycles. The molecule has 0 N–H and O–H groups in total. The summed E-state index contributed by atoms with van der Waals surface area (Å²) >= 11 is 11.5. The molecule has 2 atom stereocenters. The Bertz CT molecular complexity index is 572. The van der Waals surface area contributed by atoms with Crippen LogP contribution < -0.4 is 0 Å². The molecular weight excluding hydrogens is 349 g/mol. The van der Waals surface area contributed by atoms with Gasteiger partial charge in [-0.1, -0.05) is 6.07 Å². The fourth-order valence-corrected chi connectivity index (χ4v) is 3.01. The van der Waals surface area contributed by atoms with Crippen molar-refractivity contribution in [2.24, 2.45) is 9.98 Å². The van der Waals surface area contributed by atoms with Crippen molar-refractivity contribution in [1.29, 1.82) is 0 Å². The second kappa shape index (κ2) is 8.67. The van der Waals surface area contributed by atoms with Crippen LogP contribution in [0.4, 0.5) is 0 Å². The zero-order valence-electron chi connectivity index (χ0n) is 13.5. The highest BCUT2D eigenvalue weighted by Gasteiger charge is 2.24. The highest BCUT2D eigenvalue weighted by Crippen LogP contribution is 2.18. The Morgan fingerprint density at radius 2 is 1.38 bits per heavy atom. The molecule has 3 heterocycles. The predicted molar refractivity (Wildman–Crippen MR) is 96.7 cm³/mol. The second-order valence-electron chi connectivity index (χ2n) is 5.87. The summed E-state index contributed by atoms with van der Waals surface area (Å²) in [6.07, 6.45) is 3.75. The third-order valence-electron chi connectivity index (χ3n) is 3.95. The molecule has 7 heteroatoms. The van der Waals surface area contributed by atoms with Crippen molar-refractivity contribution in [3.05, 3.63) is 29.6 Å². The van der Waals surface area contributed by atoms with E-state index in [2.05, 4.69) is 15.0 Å². The molecule has 0 saturated carbocycles. The number of aliphatic imine (C=N–C) groups is 2. The number of hydrogen-bond acceptors (Lipinski definition) is 5. The molecule has 0 radical (unpaired) electrons. The van der Waals surface area contributed by atoms with Crippen molar-refractivity contribution in [3.63, 3.8) is 0 Å². The maximum absolute atomic E-state index is 5.73. The summed E-state index contributed by atoms with van der Waals surface area (Å²) in [5.74, 6) is 2.48. The van der Waals surface area contributed by atoms with Crippen LogP contribution >= 0.6 is 23.2 Å². The molecule has 130 valence electrons. The maximum Gasteiger partial charge on any atom is 0.235 e. The van der Waals surface area contributed by atoms with Gasteiger partial charge in [-0.15, -0.1) is 23.2 Å². The van der Waals surface area contributed by atoms with Crippen molar-refractivity contribution in [3.8, 4) is 0 Å². The van der Waals surface area contributed by atoms with E-state index in [0.29, 0.717) is 36.8 Å². The van der Waals surface area contributed by atoms with E-state index in [1.54, 1.807) is 0 Å². The fraction of sp³-hybridized carbons (Fsp3) is 0.588. The summed E-state index contributed by atoms with van der Waals surface area (Å²) in [5, 5.41) is 0. The molecular formula is C17H21Cl2N3O2. The minimum atomic E-state index is 0.171. The van der Waals surface area contributed by atoms with Gasteiger partial charge in [0.2, 0.25) is 11.8 Å². The first-order valence-corrected chi connectivity index (χ1v) is 9.38. The number of hydrogen-bond donors (Lipinski definition) is 0. The van der Waals surface area contributed by atoms with Gasteiger partial charge >= 0.3 is 0 Å². The normalized spacial score (nSPS) is 22.8. The van der Waals surface area contributed by atoms with Gasteiger partial charge in [0.1, 0.15) is 24.6 Å². The monoisotopic (exact) mass is 369 g/mol. The van der Waals surface area contributed by atoms with Crippen LogP contribution in [-0.2, 0) is 9.47 Å². The van der Waals surface area contributed by atoms with Crippen molar-refractivity contribution >= 4 is 35.0 Å². The summed E-state index contributed by atoms with van der Waals surface area (Å²) in [6, 6.07) is 6.06.